The molecule has 3 heteroatoms. The van der Waals surface area contributed by atoms with Gasteiger partial charge in [0.25, 0.3) is 0 Å². The van der Waals surface area contributed by atoms with E-state index in [1.165, 1.54) is 12.1 Å². The van der Waals surface area contributed by atoms with Crippen molar-refractivity contribution < 1.29 is 9.18 Å². The van der Waals surface area contributed by atoms with Crippen molar-refractivity contribution in [1.29, 1.82) is 0 Å². The van der Waals surface area contributed by atoms with Crippen LogP contribution in [-0.2, 0) is 6.42 Å². The highest BCUT2D eigenvalue weighted by Crippen LogP contribution is 2.13. The fourth-order valence-electron chi connectivity index (χ4n) is 1.67. The van der Waals surface area contributed by atoms with Gasteiger partial charge in [0.05, 0.1) is 5.56 Å². The number of nitrogen functional groups attached to an aromatic ring is 1. The van der Waals surface area contributed by atoms with Gasteiger partial charge in [-0.2, -0.15) is 0 Å². The van der Waals surface area contributed by atoms with Crippen molar-refractivity contribution in [2.24, 2.45) is 0 Å². The summed E-state index contributed by atoms with van der Waals surface area (Å²) >= 11 is 0. The molecule has 17 heavy (non-hydrogen) atoms. The van der Waals surface area contributed by atoms with E-state index >= 15 is 0 Å². The van der Waals surface area contributed by atoms with Crippen molar-refractivity contribution in [1.82, 2.24) is 0 Å². The zero-order valence-electron chi connectivity index (χ0n) is 9.19. The van der Waals surface area contributed by atoms with Gasteiger partial charge >= 0.3 is 0 Å². The molecule has 0 saturated carbocycles. The predicted octanol–water partition coefficient (Wildman–Crippen LogP) is 2.83. The van der Waals surface area contributed by atoms with Crippen LogP contribution in [0.3, 0.4) is 0 Å². The maximum absolute atomic E-state index is 13.4. The fourth-order valence-corrected chi connectivity index (χ4v) is 1.67. The Bertz CT molecular complexity index is 551. The highest BCUT2D eigenvalue weighted by Gasteiger charge is 2.11. The van der Waals surface area contributed by atoms with Crippen LogP contribution >= 0.6 is 0 Å². The van der Waals surface area contributed by atoms with Crippen LogP contribution in [0, 0.1) is 5.82 Å². The van der Waals surface area contributed by atoms with Gasteiger partial charge in [0.2, 0.25) is 0 Å². The fraction of sp³-hybridized carbons (Fsp3) is 0.0714. The number of carbonyl (C=O) groups is 1. The Kier molecular flexibility index (Phi) is 3.19. The summed E-state index contributed by atoms with van der Waals surface area (Å²) in [5.41, 5.74) is 7.13. The minimum atomic E-state index is -0.485. The number of rotatable bonds is 3. The van der Waals surface area contributed by atoms with Crippen molar-refractivity contribution in [3.63, 3.8) is 0 Å². The number of Topliss-reactive ketones (excluding diaryl/α,β-unsaturated/α-hetero) is 1. The Morgan fingerprint density at radius 2 is 1.88 bits per heavy atom. The lowest BCUT2D eigenvalue weighted by Crippen LogP contribution is -2.06. The molecule has 0 radical (unpaired) electrons. The van der Waals surface area contributed by atoms with Crippen molar-refractivity contribution in [2.45, 2.75) is 6.42 Å². The molecule has 0 aliphatic rings. The minimum absolute atomic E-state index is 0.120. The average Bonchev–Trinajstić information content (AvgIpc) is 2.29. The van der Waals surface area contributed by atoms with Crippen LogP contribution in [0.2, 0.25) is 0 Å². The molecule has 2 aromatic rings. The monoisotopic (exact) mass is 229 g/mol. The van der Waals surface area contributed by atoms with Crippen LogP contribution in [0.15, 0.2) is 48.5 Å². The standard InChI is InChI=1S/C14H12FNO/c15-13-7-2-1-6-12(13)14(17)9-10-4-3-5-11(16)8-10/h1-8H,9,16H2. The van der Waals surface area contributed by atoms with E-state index in [0.29, 0.717) is 5.69 Å². The average molecular weight is 229 g/mol. The summed E-state index contributed by atoms with van der Waals surface area (Å²) < 4.78 is 13.4. The third-order valence-electron chi connectivity index (χ3n) is 2.49. The number of anilines is 1. The van der Waals surface area contributed by atoms with Gasteiger partial charge in [0, 0.05) is 12.1 Å². The van der Waals surface area contributed by atoms with Gasteiger partial charge in [-0.05, 0) is 29.8 Å². The van der Waals surface area contributed by atoms with E-state index in [9.17, 15) is 9.18 Å². The summed E-state index contributed by atoms with van der Waals surface area (Å²) in [6.45, 7) is 0. The molecule has 2 aromatic carbocycles. The third-order valence-corrected chi connectivity index (χ3v) is 2.49. The maximum atomic E-state index is 13.4. The summed E-state index contributed by atoms with van der Waals surface area (Å²) in [4.78, 5) is 11.9. The lowest BCUT2D eigenvalue weighted by atomic mass is 10.0. The third kappa shape index (κ3) is 2.69. The smallest absolute Gasteiger partial charge is 0.170 e. The summed E-state index contributed by atoms with van der Waals surface area (Å²) in [7, 11) is 0. The molecule has 86 valence electrons. The highest BCUT2D eigenvalue weighted by molar-refractivity contribution is 5.97. The molecular weight excluding hydrogens is 217 g/mol. The van der Waals surface area contributed by atoms with E-state index in [2.05, 4.69) is 0 Å². The van der Waals surface area contributed by atoms with E-state index in [-0.39, 0.29) is 17.8 Å². The first-order valence-corrected chi connectivity index (χ1v) is 5.29. The second-order valence-electron chi connectivity index (χ2n) is 3.82. The van der Waals surface area contributed by atoms with E-state index in [0.717, 1.165) is 5.56 Å². The SMILES string of the molecule is Nc1cccc(CC(=O)c2ccccc2F)c1. The van der Waals surface area contributed by atoms with Crippen molar-refractivity contribution in [3.05, 3.63) is 65.5 Å². The molecule has 0 atom stereocenters. The van der Waals surface area contributed by atoms with Gasteiger partial charge in [-0.1, -0.05) is 24.3 Å². The van der Waals surface area contributed by atoms with Crippen LogP contribution in [0.25, 0.3) is 0 Å². The molecule has 0 fully saturated rings. The Hall–Kier alpha value is -2.16. The van der Waals surface area contributed by atoms with Gasteiger partial charge in [-0.25, -0.2) is 4.39 Å². The summed E-state index contributed by atoms with van der Waals surface area (Å²) in [6.07, 6.45) is 0.159. The first-order valence-electron chi connectivity index (χ1n) is 5.29. The number of hydrogen-bond acceptors (Lipinski definition) is 2. The normalized spacial score (nSPS) is 10.2. The lowest BCUT2D eigenvalue weighted by molar-refractivity contribution is 0.0989. The molecule has 2 rings (SSSR count). The quantitative estimate of drug-likeness (QED) is 0.649. The second-order valence-corrected chi connectivity index (χ2v) is 3.82. The molecule has 2 nitrogen and oxygen atoms in total. The molecule has 0 spiro atoms. The largest absolute Gasteiger partial charge is 0.399 e. The zero-order valence-corrected chi connectivity index (χ0v) is 9.19. The summed E-state index contributed by atoms with van der Waals surface area (Å²) in [6, 6.07) is 13.0. The summed E-state index contributed by atoms with van der Waals surface area (Å²) in [5.74, 6) is -0.727. The van der Waals surface area contributed by atoms with E-state index in [4.69, 9.17) is 5.73 Å². The molecule has 0 aromatic heterocycles. The van der Waals surface area contributed by atoms with Gasteiger partial charge in [0.15, 0.2) is 5.78 Å². The molecule has 0 aliphatic heterocycles. The van der Waals surface area contributed by atoms with E-state index in [1.54, 1.807) is 36.4 Å². The first kappa shape index (κ1) is 11.3. The molecule has 0 heterocycles. The van der Waals surface area contributed by atoms with Gasteiger partial charge in [-0.15, -0.1) is 0 Å². The van der Waals surface area contributed by atoms with Crippen LogP contribution in [0.5, 0.6) is 0 Å². The number of halogens is 1. The number of carbonyl (C=O) groups excluding carboxylic acids is 1. The highest BCUT2D eigenvalue weighted by atomic mass is 19.1. The Labute approximate surface area is 98.9 Å². The van der Waals surface area contributed by atoms with Crippen LogP contribution in [0.1, 0.15) is 15.9 Å². The van der Waals surface area contributed by atoms with Crippen LogP contribution < -0.4 is 5.73 Å². The molecule has 2 N–H and O–H groups in total. The lowest BCUT2D eigenvalue weighted by Gasteiger charge is -2.03. The van der Waals surface area contributed by atoms with E-state index < -0.39 is 5.82 Å². The number of ketones is 1. The maximum Gasteiger partial charge on any atom is 0.170 e. The van der Waals surface area contributed by atoms with Crippen LogP contribution in [0.4, 0.5) is 10.1 Å². The Morgan fingerprint density at radius 3 is 2.59 bits per heavy atom. The first-order chi connectivity index (χ1) is 8.16. The zero-order chi connectivity index (χ0) is 12.3. The Morgan fingerprint density at radius 1 is 1.12 bits per heavy atom. The Balaban J connectivity index is 2.20. The molecule has 0 saturated heterocycles. The minimum Gasteiger partial charge on any atom is -0.399 e. The number of benzene rings is 2. The van der Waals surface area contributed by atoms with Gasteiger partial charge in [0.1, 0.15) is 5.82 Å². The molecule has 0 bridgehead atoms. The molecule has 0 aliphatic carbocycles. The molecule has 0 unspecified atom stereocenters. The topological polar surface area (TPSA) is 43.1 Å². The van der Waals surface area contributed by atoms with Gasteiger partial charge in [-0.3, -0.25) is 4.79 Å². The van der Waals surface area contributed by atoms with E-state index in [1.807, 2.05) is 0 Å². The van der Waals surface area contributed by atoms with Crippen LogP contribution in [-0.4, -0.2) is 5.78 Å². The van der Waals surface area contributed by atoms with Gasteiger partial charge < -0.3 is 5.73 Å². The number of hydrogen-bond donors (Lipinski definition) is 1. The molecule has 0 amide bonds. The summed E-state index contributed by atoms with van der Waals surface area (Å²) in [5, 5.41) is 0. The second kappa shape index (κ2) is 4.78. The van der Waals surface area contributed by atoms with Crippen molar-refractivity contribution in [3.8, 4) is 0 Å². The van der Waals surface area contributed by atoms with Crippen molar-refractivity contribution >= 4 is 11.5 Å². The predicted molar refractivity (Wildman–Crippen MR) is 65.3 cm³/mol. The molecular formula is C14H12FNO. The number of nitrogens with two attached hydrogens (primary N) is 1. The van der Waals surface area contributed by atoms with Crippen molar-refractivity contribution in [2.75, 3.05) is 5.73 Å².